The maximum absolute atomic E-state index is 11.8. The van der Waals surface area contributed by atoms with Crippen LogP contribution >= 0.6 is 0 Å². The molecule has 0 radical (unpaired) electrons. The van der Waals surface area contributed by atoms with Gasteiger partial charge in [0.1, 0.15) is 17.1 Å². The highest BCUT2D eigenvalue weighted by molar-refractivity contribution is 5.87. The lowest BCUT2D eigenvalue weighted by atomic mass is 10.2. The Labute approximate surface area is 135 Å². The van der Waals surface area contributed by atoms with E-state index in [0.717, 1.165) is 11.4 Å². The van der Waals surface area contributed by atoms with E-state index in [9.17, 15) is 4.79 Å². The number of methoxy groups -OCH3 is 1. The van der Waals surface area contributed by atoms with Gasteiger partial charge in [-0.15, -0.1) is 0 Å². The van der Waals surface area contributed by atoms with Gasteiger partial charge in [-0.1, -0.05) is 0 Å². The van der Waals surface area contributed by atoms with E-state index in [1.807, 2.05) is 6.07 Å². The number of rotatable bonds is 5. The van der Waals surface area contributed by atoms with Gasteiger partial charge in [0.15, 0.2) is 6.39 Å². The van der Waals surface area contributed by atoms with Gasteiger partial charge in [-0.05, 0) is 32.9 Å². The molecule has 0 atom stereocenters. The minimum absolute atomic E-state index is 0.502. The average molecular weight is 319 g/mol. The zero-order valence-corrected chi connectivity index (χ0v) is 13.7. The standard InChI is InChI=1S/C16H21N3O4/c1-16(2,3)23-15(20)19-13-6-5-11(7-14(13)21-4)18-9-12-8-17-10-22-12/h5-8,10,18H,9H2,1-4H3,(H,19,20). The quantitative estimate of drug-likeness (QED) is 0.875. The number of benzene rings is 1. The zero-order chi connectivity index (χ0) is 16.9. The van der Waals surface area contributed by atoms with Crippen LogP contribution < -0.4 is 15.4 Å². The van der Waals surface area contributed by atoms with Gasteiger partial charge in [0.2, 0.25) is 0 Å². The average Bonchev–Trinajstić information content (AvgIpc) is 2.97. The third-order valence-electron chi connectivity index (χ3n) is 2.79. The van der Waals surface area contributed by atoms with Gasteiger partial charge in [-0.2, -0.15) is 0 Å². The van der Waals surface area contributed by atoms with Crippen LogP contribution in [-0.4, -0.2) is 23.8 Å². The smallest absolute Gasteiger partial charge is 0.412 e. The molecule has 0 aliphatic carbocycles. The molecule has 2 aromatic rings. The van der Waals surface area contributed by atoms with Crippen molar-refractivity contribution >= 4 is 17.5 Å². The number of ether oxygens (including phenoxy) is 2. The lowest BCUT2D eigenvalue weighted by molar-refractivity contribution is 0.0635. The first-order valence-electron chi connectivity index (χ1n) is 7.16. The van der Waals surface area contributed by atoms with E-state index >= 15 is 0 Å². The number of amides is 1. The van der Waals surface area contributed by atoms with E-state index < -0.39 is 11.7 Å². The van der Waals surface area contributed by atoms with Crippen LogP contribution in [0.4, 0.5) is 16.2 Å². The van der Waals surface area contributed by atoms with Gasteiger partial charge in [0.25, 0.3) is 0 Å². The molecule has 2 rings (SSSR count). The number of hydrogen-bond donors (Lipinski definition) is 2. The summed E-state index contributed by atoms with van der Waals surface area (Å²) < 4.78 is 15.7. The number of nitrogens with zero attached hydrogens (tertiary/aromatic N) is 1. The van der Waals surface area contributed by atoms with Crippen LogP contribution in [0.25, 0.3) is 0 Å². The fourth-order valence-electron chi connectivity index (χ4n) is 1.84. The minimum Gasteiger partial charge on any atom is -0.494 e. The Hall–Kier alpha value is -2.70. The summed E-state index contributed by atoms with van der Waals surface area (Å²) in [7, 11) is 1.54. The predicted molar refractivity (Wildman–Crippen MR) is 86.7 cm³/mol. The highest BCUT2D eigenvalue weighted by Crippen LogP contribution is 2.28. The number of anilines is 2. The second-order valence-corrected chi connectivity index (χ2v) is 5.86. The van der Waals surface area contributed by atoms with Crippen molar-refractivity contribution in [1.29, 1.82) is 0 Å². The molecule has 0 unspecified atom stereocenters. The van der Waals surface area contributed by atoms with Gasteiger partial charge in [-0.3, -0.25) is 5.32 Å². The van der Waals surface area contributed by atoms with Crippen LogP contribution in [0, 0.1) is 0 Å². The number of hydrogen-bond acceptors (Lipinski definition) is 6. The molecule has 0 bridgehead atoms. The molecule has 0 aliphatic heterocycles. The van der Waals surface area contributed by atoms with Crippen LogP contribution in [-0.2, 0) is 11.3 Å². The third-order valence-corrected chi connectivity index (χ3v) is 2.79. The van der Waals surface area contributed by atoms with Gasteiger partial charge in [0, 0.05) is 11.8 Å². The molecule has 7 nitrogen and oxygen atoms in total. The zero-order valence-electron chi connectivity index (χ0n) is 13.7. The van der Waals surface area contributed by atoms with Crippen molar-refractivity contribution < 1.29 is 18.7 Å². The van der Waals surface area contributed by atoms with Gasteiger partial charge < -0.3 is 19.2 Å². The number of carbonyl (C=O) groups excluding carboxylic acids is 1. The first kappa shape index (κ1) is 16.7. The fourth-order valence-corrected chi connectivity index (χ4v) is 1.84. The van der Waals surface area contributed by atoms with Crippen molar-refractivity contribution in [2.75, 3.05) is 17.7 Å². The van der Waals surface area contributed by atoms with Crippen molar-refractivity contribution in [2.45, 2.75) is 32.9 Å². The first-order valence-corrected chi connectivity index (χ1v) is 7.16. The topological polar surface area (TPSA) is 85.6 Å². The number of oxazole rings is 1. The second-order valence-electron chi connectivity index (χ2n) is 5.86. The van der Waals surface area contributed by atoms with Crippen molar-refractivity contribution in [3.63, 3.8) is 0 Å². The third kappa shape index (κ3) is 5.21. The molecule has 1 aromatic heterocycles. The van der Waals surface area contributed by atoms with E-state index in [4.69, 9.17) is 13.9 Å². The van der Waals surface area contributed by atoms with Crippen LogP contribution in [0.15, 0.2) is 35.2 Å². The van der Waals surface area contributed by atoms with Crippen molar-refractivity contribution in [2.24, 2.45) is 0 Å². The maximum atomic E-state index is 11.8. The van der Waals surface area contributed by atoms with E-state index in [1.54, 1.807) is 39.1 Å². The highest BCUT2D eigenvalue weighted by atomic mass is 16.6. The lowest BCUT2D eigenvalue weighted by Crippen LogP contribution is -2.27. The Morgan fingerprint density at radius 3 is 2.74 bits per heavy atom. The summed E-state index contributed by atoms with van der Waals surface area (Å²) in [6.07, 6.45) is 2.49. The Kier molecular flexibility index (Phi) is 5.10. The predicted octanol–water partition coefficient (Wildman–Crippen LogP) is 3.64. The van der Waals surface area contributed by atoms with Crippen molar-refractivity contribution in [3.05, 3.63) is 36.5 Å². The van der Waals surface area contributed by atoms with Crippen molar-refractivity contribution in [1.82, 2.24) is 4.98 Å². The van der Waals surface area contributed by atoms with Crippen LogP contribution in [0.2, 0.25) is 0 Å². The molecule has 0 spiro atoms. The maximum Gasteiger partial charge on any atom is 0.412 e. The van der Waals surface area contributed by atoms with Gasteiger partial charge >= 0.3 is 6.09 Å². The Morgan fingerprint density at radius 1 is 1.35 bits per heavy atom. The van der Waals surface area contributed by atoms with Crippen LogP contribution in [0.3, 0.4) is 0 Å². The number of aromatic nitrogens is 1. The lowest BCUT2D eigenvalue weighted by Gasteiger charge is -2.20. The van der Waals surface area contributed by atoms with Gasteiger partial charge in [0.05, 0.1) is 25.5 Å². The largest absolute Gasteiger partial charge is 0.494 e. The molecule has 7 heteroatoms. The molecule has 124 valence electrons. The monoisotopic (exact) mass is 319 g/mol. The van der Waals surface area contributed by atoms with E-state index in [2.05, 4.69) is 15.6 Å². The summed E-state index contributed by atoms with van der Waals surface area (Å²) >= 11 is 0. The molecule has 0 aliphatic rings. The molecular weight excluding hydrogens is 298 g/mol. The van der Waals surface area contributed by atoms with Crippen molar-refractivity contribution in [3.8, 4) is 5.75 Å². The van der Waals surface area contributed by atoms with Crippen LogP contribution in [0.5, 0.6) is 5.75 Å². The summed E-state index contributed by atoms with van der Waals surface area (Å²) in [5.41, 5.74) is 0.801. The molecule has 1 heterocycles. The normalized spacial score (nSPS) is 11.0. The molecule has 1 aromatic carbocycles. The summed E-state index contributed by atoms with van der Waals surface area (Å²) in [6.45, 7) is 5.92. The summed E-state index contributed by atoms with van der Waals surface area (Å²) in [4.78, 5) is 15.7. The molecule has 0 saturated carbocycles. The molecule has 0 fully saturated rings. The van der Waals surface area contributed by atoms with E-state index in [1.165, 1.54) is 13.5 Å². The van der Waals surface area contributed by atoms with E-state index in [-0.39, 0.29) is 0 Å². The summed E-state index contributed by atoms with van der Waals surface area (Å²) in [5, 5.41) is 5.86. The minimum atomic E-state index is -0.560. The number of carbonyl (C=O) groups is 1. The first-order chi connectivity index (χ1) is 10.9. The Bertz CT molecular complexity index is 648. The fraction of sp³-hybridized carbons (Fsp3) is 0.375. The summed E-state index contributed by atoms with van der Waals surface area (Å²) in [5.74, 6) is 1.25. The molecule has 2 N–H and O–H groups in total. The van der Waals surface area contributed by atoms with Crippen LogP contribution in [0.1, 0.15) is 26.5 Å². The second kappa shape index (κ2) is 7.04. The molecule has 1 amide bonds. The van der Waals surface area contributed by atoms with Gasteiger partial charge in [-0.25, -0.2) is 9.78 Å². The molecule has 0 saturated heterocycles. The number of nitrogens with one attached hydrogen (secondary N) is 2. The molecule has 23 heavy (non-hydrogen) atoms. The Morgan fingerprint density at radius 2 is 2.13 bits per heavy atom. The van der Waals surface area contributed by atoms with E-state index in [0.29, 0.717) is 18.0 Å². The molecular formula is C16H21N3O4. The Balaban J connectivity index is 2.02. The summed E-state index contributed by atoms with van der Waals surface area (Å²) in [6, 6.07) is 5.35. The SMILES string of the molecule is COc1cc(NCc2cnco2)ccc1NC(=O)OC(C)(C)C. The highest BCUT2D eigenvalue weighted by Gasteiger charge is 2.17.